The standard InChI is InChI=1S/C52H89NO12Si/c1-16-39-24-33(8)23-34(9)25-45(61-14)48-46(62-15)27-36(11)52(59,64-48)49(56)50(57)53-22-18-17-19-40(53)51(58)63-47(35(10)26-38-20-21-43(60-13)42(55)28-38)37(12)44(29-41(39)54)65-66(30(2)3,31(4)5)32(6)7/h24,26,30-32,34,36-40,42-48,55,59H,16-23,25,27-29H2,1-15H3/b33-24+,35-26?. The van der Waals surface area contributed by atoms with Crippen LogP contribution in [0.15, 0.2) is 23.3 Å². The molecular formula is C52H89NO12Si. The van der Waals surface area contributed by atoms with Gasteiger partial charge in [0.1, 0.15) is 24.0 Å². The quantitative estimate of drug-likeness (QED) is 0.0877. The predicted molar refractivity (Wildman–Crippen MR) is 258 cm³/mol. The molecule has 378 valence electrons. The van der Waals surface area contributed by atoms with Gasteiger partial charge in [-0.2, -0.15) is 0 Å². The maximum absolute atomic E-state index is 14.9. The monoisotopic (exact) mass is 948 g/mol. The third-order valence-electron chi connectivity index (χ3n) is 15.9. The molecule has 1 saturated carbocycles. The highest BCUT2D eigenvalue weighted by Gasteiger charge is 2.57. The van der Waals surface area contributed by atoms with Gasteiger partial charge in [0, 0.05) is 52.0 Å². The van der Waals surface area contributed by atoms with E-state index >= 15 is 0 Å². The number of fused-ring (bicyclic) bond motifs is 3. The Morgan fingerprint density at radius 1 is 0.864 bits per heavy atom. The largest absolute Gasteiger partial charge is 0.456 e. The molecule has 3 heterocycles. The number of esters is 1. The van der Waals surface area contributed by atoms with Crippen LogP contribution in [0.25, 0.3) is 0 Å². The molecule has 0 radical (unpaired) electrons. The average Bonchev–Trinajstić information content (AvgIpc) is 3.27. The number of Topliss-reactive ketones (excluding diaryl/α,β-unsaturated/α-hetero) is 2. The first-order valence-electron chi connectivity index (χ1n) is 25.3. The van der Waals surface area contributed by atoms with E-state index < -0.39 is 86.3 Å². The maximum atomic E-state index is 14.9. The number of ether oxygens (including phenoxy) is 5. The molecule has 14 heteroatoms. The average molecular weight is 948 g/mol. The molecule has 1 amide bonds. The number of amides is 1. The number of hydrogen-bond donors (Lipinski definition) is 2. The minimum absolute atomic E-state index is 0.0262. The molecule has 13 nitrogen and oxygen atoms in total. The van der Waals surface area contributed by atoms with Crippen molar-refractivity contribution in [2.24, 2.45) is 29.6 Å². The lowest BCUT2D eigenvalue weighted by atomic mass is 9.81. The van der Waals surface area contributed by atoms with Gasteiger partial charge in [-0.25, -0.2) is 4.79 Å². The number of rotatable bonds is 11. The van der Waals surface area contributed by atoms with E-state index in [-0.39, 0.29) is 72.1 Å². The lowest BCUT2D eigenvalue weighted by Gasteiger charge is -2.47. The van der Waals surface area contributed by atoms with Gasteiger partial charge in [0.05, 0.1) is 30.5 Å². The molecular weight excluding hydrogens is 859 g/mol. The molecule has 3 aliphatic heterocycles. The van der Waals surface area contributed by atoms with Crippen LogP contribution in [0.3, 0.4) is 0 Å². The zero-order chi connectivity index (χ0) is 49.4. The Kier molecular flexibility index (Phi) is 20.9. The molecule has 66 heavy (non-hydrogen) atoms. The summed E-state index contributed by atoms with van der Waals surface area (Å²) in [5, 5.41) is 23.2. The molecule has 3 fully saturated rings. The van der Waals surface area contributed by atoms with E-state index in [1.165, 1.54) is 4.90 Å². The van der Waals surface area contributed by atoms with Crippen LogP contribution in [-0.2, 0) is 47.3 Å². The van der Waals surface area contributed by atoms with Crippen molar-refractivity contribution < 1.29 is 57.5 Å². The number of methoxy groups -OCH3 is 3. The smallest absolute Gasteiger partial charge is 0.329 e. The van der Waals surface area contributed by atoms with Gasteiger partial charge in [0.2, 0.25) is 14.1 Å². The molecule has 14 atom stereocenters. The fourth-order valence-electron chi connectivity index (χ4n) is 12.2. The van der Waals surface area contributed by atoms with Crippen LogP contribution in [0.4, 0.5) is 0 Å². The third kappa shape index (κ3) is 12.7. The second-order valence-corrected chi connectivity index (χ2v) is 27.0. The Labute approximate surface area is 398 Å². The van der Waals surface area contributed by atoms with Gasteiger partial charge in [0.25, 0.3) is 11.7 Å². The summed E-state index contributed by atoms with van der Waals surface area (Å²) in [4.78, 5) is 60.1. The number of carbonyl (C=O) groups is 4. The first kappa shape index (κ1) is 56.3. The van der Waals surface area contributed by atoms with E-state index in [0.717, 1.165) is 17.6 Å². The minimum Gasteiger partial charge on any atom is -0.456 e. The molecule has 4 rings (SSSR count). The van der Waals surface area contributed by atoms with Gasteiger partial charge >= 0.3 is 5.97 Å². The number of nitrogens with zero attached hydrogens (tertiary/aromatic N) is 1. The van der Waals surface area contributed by atoms with E-state index in [0.29, 0.717) is 44.9 Å². The third-order valence-corrected chi connectivity index (χ3v) is 22.1. The zero-order valence-corrected chi connectivity index (χ0v) is 44.3. The van der Waals surface area contributed by atoms with Crippen LogP contribution in [0.2, 0.25) is 16.6 Å². The van der Waals surface area contributed by atoms with Gasteiger partial charge in [-0.3, -0.25) is 14.4 Å². The summed E-state index contributed by atoms with van der Waals surface area (Å²) in [5.74, 6) is -6.95. The molecule has 2 bridgehead atoms. The summed E-state index contributed by atoms with van der Waals surface area (Å²) in [7, 11) is 2.08. The normalized spacial score (nSPS) is 37.6. The lowest BCUT2D eigenvalue weighted by Crippen LogP contribution is -2.64. The molecule has 4 aliphatic rings. The number of allylic oxidation sites excluding steroid dienone is 3. The predicted octanol–water partition coefficient (Wildman–Crippen LogP) is 8.67. The van der Waals surface area contributed by atoms with Crippen molar-refractivity contribution in [2.75, 3.05) is 27.9 Å². The maximum Gasteiger partial charge on any atom is 0.329 e. The number of aliphatic hydroxyl groups excluding tert-OH is 1. The molecule has 0 aromatic rings. The first-order chi connectivity index (χ1) is 31.0. The van der Waals surface area contributed by atoms with E-state index in [2.05, 4.69) is 60.6 Å². The van der Waals surface area contributed by atoms with Crippen molar-refractivity contribution in [3.63, 3.8) is 0 Å². The molecule has 0 spiro atoms. The highest BCUT2D eigenvalue weighted by Crippen LogP contribution is 2.46. The van der Waals surface area contributed by atoms with Crippen LogP contribution in [0.1, 0.15) is 154 Å². The summed E-state index contributed by atoms with van der Waals surface area (Å²) in [6.07, 6.45) is 5.15. The lowest BCUT2D eigenvalue weighted by molar-refractivity contribution is -0.302. The number of piperidine rings is 1. The second kappa shape index (κ2) is 24.5. The highest BCUT2D eigenvalue weighted by molar-refractivity contribution is 6.77. The van der Waals surface area contributed by atoms with Crippen molar-refractivity contribution in [3.05, 3.63) is 23.3 Å². The summed E-state index contributed by atoms with van der Waals surface area (Å²) >= 11 is 0. The fourth-order valence-corrected chi connectivity index (χ4v) is 17.9. The van der Waals surface area contributed by atoms with E-state index in [1.807, 2.05) is 27.7 Å². The van der Waals surface area contributed by atoms with Crippen LogP contribution >= 0.6 is 0 Å². The van der Waals surface area contributed by atoms with Crippen molar-refractivity contribution in [3.8, 4) is 0 Å². The summed E-state index contributed by atoms with van der Waals surface area (Å²) < 4.78 is 38.1. The van der Waals surface area contributed by atoms with Crippen LogP contribution in [0.5, 0.6) is 0 Å². The molecule has 2 saturated heterocycles. The number of carbonyl (C=O) groups excluding carboxylic acids is 4. The topological polar surface area (TPSA) is 167 Å². The SMILES string of the molecule is CCC1/C=C(\C)CC(C)CC(OC)C2OC(O)(C(=O)C(=O)N3CCCCC3C(=O)OC(C(C)=CC3CCC(OC)C(O)C3)C(C)C(O[Si](C(C)C)(C(C)C)C(C)C)CC1=O)C(C)CC2OC. The zero-order valence-electron chi connectivity index (χ0n) is 43.3. The molecule has 2 N–H and O–H groups in total. The van der Waals surface area contributed by atoms with Crippen LogP contribution in [-0.4, -0.2) is 129 Å². The van der Waals surface area contributed by atoms with Gasteiger partial charge in [-0.1, -0.05) is 87.0 Å². The van der Waals surface area contributed by atoms with Gasteiger partial charge in [-0.05, 0) is 112 Å². The van der Waals surface area contributed by atoms with Crippen molar-refractivity contribution >= 4 is 31.8 Å². The summed E-state index contributed by atoms with van der Waals surface area (Å²) in [5.41, 5.74) is 2.44. The Balaban J connectivity index is 1.93. The number of ketones is 2. The van der Waals surface area contributed by atoms with Gasteiger partial charge in [-0.15, -0.1) is 0 Å². The number of cyclic esters (lactones) is 1. The second-order valence-electron chi connectivity index (χ2n) is 21.6. The molecule has 14 unspecified atom stereocenters. The van der Waals surface area contributed by atoms with Crippen LogP contribution < -0.4 is 0 Å². The van der Waals surface area contributed by atoms with E-state index in [4.69, 9.17) is 28.1 Å². The number of aliphatic hydroxyl groups is 2. The van der Waals surface area contributed by atoms with Crippen LogP contribution in [0, 0.1) is 29.6 Å². The van der Waals surface area contributed by atoms with E-state index in [9.17, 15) is 29.4 Å². The fraction of sp³-hybridized carbons (Fsp3) is 0.846. The number of hydrogen-bond acceptors (Lipinski definition) is 12. The Morgan fingerprint density at radius 2 is 1.47 bits per heavy atom. The van der Waals surface area contributed by atoms with Gasteiger partial charge in [0.15, 0.2) is 0 Å². The summed E-state index contributed by atoms with van der Waals surface area (Å²) in [6, 6.07) is -1.11. The Bertz CT molecular complexity index is 1680. The molecule has 0 aromatic heterocycles. The highest BCUT2D eigenvalue weighted by atomic mass is 28.4. The molecule has 1 aliphatic carbocycles. The Morgan fingerprint density at radius 3 is 2.03 bits per heavy atom. The Hall–Kier alpha value is -2.30. The first-order valence-corrected chi connectivity index (χ1v) is 27.4. The van der Waals surface area contributed by atoms with E-state index in [1.54, 1.807) is 28.3 Å². The van der Waals surface area contributed by atoms with Crippen molar-refractivity contribution in [1.82, 2.24) is 4.90 Å². The van der Waals surface area contributed by atoms with Crippen molar-refractivity contribution in [1.29, 1.82) is 0 Å². The van der Waals surface area contributed by atoms with Crippen molar-refractivity contribution in [2.45, 2.75) is 225 Å². The summed E-state index contributed by atoms with van der Waals surface area (Å²) in [6.45, 7) is 25.2. The van der Waals surface area contributed by atoms with Gasteiger partial charge < -0.3 is 43.2 Å². The minimum atomic E-state index is -2.64. The molecule has 0 aromatic carbocycles.